The standard InChI is InChI=1S/C16H25N3O2/c1-4-7-11-8-9-19(10-11)15-14(16(20)21)12(5-2)13(6-3)17-18-15/h11H,4-10H2,1-3H3,(H,20,21). The second-order valence-corrected chi connectivity index (χ2v) is 5.73. The highest BCUT2D eigenvalue weighted by atomic mass is 16.4. The van der Waals surface area contributed by atoms with E-state index in [4.69, 9.17) is 0 Å². The van der Waals surface area contributed by atoms with Gasteiger partial charge in [0, 0.05) is 13.1 Å². The van der Waals surface area contributed by atoms with E-state index >= 15 is 0 Å². The normalized spacial score (nSPS) is 18.2. The van der Waals surface area contributed by atoms with Gasteiger partial charge in [0.1, 0.15) is 5.56 Å². The topological polar surface area (TPSA) is 66.3 Å². The van der Waals surface area contributed by atoms with Crippen LogP contribution in [0.2, 0.25) is 0 Å². The monoisotopic (exact) mass is 291 g/mol. The first-order valence-electron chi connectivity index (χ1n) is 7.98. The lowest BCUT2D eigenvalue weighted by atomic mass is 10.0. The number of hydrogen-bond donors (Lipinski definition) is 1. The Labute approximate surface area is 126 Å². The molecule has 1 aliphatic rings. The Bertz CT molecular complexity index is 516. The molecular formula is C16H25N3O2. The van der Waals surface area contributed by atoms with Gasteiger partial charge in [0.2, 0.25) is 0 Å². The third-order valence-corrected chi connectivity index (χ3v) is 4.32. The van der Waals surface area contributed by atoms with Crippen LogP contribution in [0, 0.1) is 5.92 Å². The van der Waals surface area contributed by atoms with Gasteiger partial charge in [0.15, 0.2) is 5.82 Å². The Morgan fingerprint density at radius 3 is 2.62 bits per heavy atom. The number of hydrogen-bond acceptors (Lipinski definition) is 4. The van der Waals surface area contributed by atoms with Crippen molar-refractivity contribution >= 4 is 11.8 Å². The Kier molecular flexibility index (Phi) is 5.15. The molecule has 2 heterocycles. The maximum Gasteiger partial charge on any atom is 0.339 e. The molecule has 1 unspecified atom stereocenters. The van der Waals surface area contributed by atoms with E-state index in [9.17, 15) is 9.90 Å². The van der Waals surface area contributed by atoms with Crippen LogP contribution in [0.5, 0.6) is 0 Å². The van der Waals surface area contributed by atoms with E-state index in [1.807, 2.05) is 13.8 Å². The van der Waals surface area contributed by atoms with Crippen LogP contribution in [0.1, 0.15) is 61.6 Å². The lowest BCUT2D eigenvalue weighted by Crippen LogP contribution is -2.25. The van der Waals surface area contributed by atoms with Crippen LogP contribution >= 0.6 is 0 Å². The number of carboxylic acids is 1. The molecule has 21 heavy (non-hydrogen) atoms. The van der Waals surface area contributed by atoms with Crippen molar-refractivity contribution in [2.45, 2.75) is 52.9 Å². The van der Waals surface area contributed by atoms with Crippen LogP contribution in [-0.2, 0) is 12.8 Å². The molecule has 0 aromatic carbocycles. The highest BCUT2D eigenvalue weighted by Crippen LogP contribution is 2.30. The number of carboxylic acid groups (broad SMARTS) is 1. The minimum atomic E-state index is -0.884. The Hall–Kier alpha value is -1.65. The van der Waals surface area contributed by atoms with Gasteiger partial charge < -0.3 is 10.0 Å². The second-order valence-electron chi connectivity index (χ2n) is 5.73. The van der Waals surface area contributed by atoms with E-state index in [1.54, 1.807) is 0 Å². The molecule has 0 amide bonds. The predicted molar refractivity (Wildman–Crippen MR) is 83.0 cm³/mol. The van der Waals surface area contributed by atoms with Crippen molar-refractivity contribution in [1.82, 2.24) is 10.2 Å². The highest BCUT2D eigenvalue weighted by molar-refractivity contribution is 5.95. The van der Waals surface area contributed by atoms with E-state index in [1.165, 1.54) is 12.8 Å². The fraction of sp³-hybridized carbons (Fsp3) is 0.688. The summed E-state index contributed by atoms with van der Waals surface area (Å²) in [6.07, 6.45) is 4.88. The SMILES string of the molecule is CCCC1CCN(c2nnc(CC)c(CC)c2C(=O)O)C1. The van der Waals surface area contributed by atoms with Crippen LogP contribution in [-0.4, -0.2) is 34.4 Å². The minimum absolute atomic E-state index is 0.362. The van der Waals surface area contributed by atoms with Gasteiger partial charge in [-0.15, -0.1) is 5.10 Å². The molecule has 5 heteroatoms. The Morgan fingerprint density at radius 1 is 1.29 bits per heavy atom. The van der Waals surface area contributed by atoms with Gasteiger partial charge in [-0.3, -0.25) is 0 Å². The summed E-state index contributed by atoms with van der Waals surface area (Å²) < 4.78 is 0. The zero-order valence-corrected chi connectivity index (χ0v) is 13.2. The van der Waals surface area contributed by atoms with E-state index < -0.39 is 5.97 Å². The summed E-state index contributed by atoms with van der Waals surface area (Å²) in [5.41, 5.74) is 2.01. The summed E-state index contributed by atoms with van der Waals surface area (Å²) in [5, 5.41) is 18.2. The zero-order valence-electron chi connectivity index (χ0n) is 13.2. The van der Waals surface area contributed by atoms with Gasteiger partial charge >= 0.3 is 5.97 Å². The van der Waals surface area contributed by atoms with Crippen LogP contribution in [0.3, 0.4) is 0 Å². The first-order chi connectivity index (χ1) is 10.1. The maximum absolute atomic E-state index is 11.7. The third-order valence-electron chi connectivity index (χ3n) is 4.32. The van der Waals surface area contributed by atoms with Crippen molar-refractivity contribution in [2.24, 2.45) is 5.92 Å². The van der Waals surface area contributed by atoms with E-state index in [0.717, 1.165) is 37.2 Å². The van der Waals surface area contributed by atoms with Gasteiger partial charge in [-0.25, -0.2) is 4.79 Å². The molecule has 1 saturated heterocycles. The zero-order chi connectivity index (χ0) is 15.4. The molecule has 1 fully saturated rings. The van der Waals surface area contributed by atoms with Crippen molar-refractivity contribution in [3.63, 3.8) is 0 Å². The fourth-order valence-corrected chi connectivity index (χ4v) is 3.28. The quantitative estimate of drug-likeness (QED) is 0.873. The maximum atomic E-state index is 11.7. The molecule has 0 spiro atoms. The van der Waals surface area contributed by atoms with Gasteiger partial charge in [0.25, 0.3) is 0 Å². The fourth-order valence-electron chi connectivity index (χ4n) is 3.28. The highest BCUT2D eigenvalue weighted by Gasteiger charge is 2.29. The van der Waals surface area contributed by atoms with Gasteiger partial charge in [-0.05, 0) is 37.2 Å². The first-order valence-corrected chi connectivity index (χ1v) is 7.98. The summed E-state index contributed by atoms with van der Waals surface area (Å²) in [4.78, 5) is 13.8. The van der Waals surface area contributed by atoms with E-state index in [-0.39, 0.29) is 0 Å². The van der Waals surface area contributed by atoms with Gasteiger partial charge in [-0.1, -0.05) is 27.2 Å². The molecular weight excluding hydrogens is 266 g/mol. The van der Waals surface area contributed by atoms with E-state index in [0.29, 0.717) is 23.7 Å². The molecule has 5 nitrogen and oxygen atoms in total. The second kappa shape index (κ2) is 6.87. The summed E-state index contributed by atoms with van der Waals surface area (Å²) in [7, 11) is 0. The average molecular weight is 291 g/mol. The van der Waals surface area contributed by atoms with Crippen molar-refractivity contribution in [1.29, 1.82) is 0 Å². The number of aromatic carboxylic acids is 1. The largest absolute Gasteiger partial charge is 0.478 e. The number of aromatic nitrogens is 2. The van der Waals surface area contributed by atoms with Crippen LogP contribution in [0.25, 0.3) is 0 Å². The third kappa shape index (κ3) is 3.17. The number of aryl methyl sites for hydroxylation is 1. The molecule has 1 atom stereocenters. The first kappa shape index (κ1) is 15.7. The summed E-state index contributed by atoms with van der Waals surface area (Å²) >= 11 is 0. The van der Waals surface area contributed by atoms with Gasteiger partial charge in [-0.2, -0.15) is 5.10 Å². The lowest BCUT2D eigenvalue weighted by Gasteiger charge is -2.21. The molecule has 116 valence electrons. The van der Waals surface area contributed by atoms with Crippen LogP contribution < -0.4 is 4.90 Å². The van der Waals surface area contributed by atoms with Crippen molar-refractivity contribution in [2.75, 3.05) is 18.0 Å². The van der Waals surface area contributed by atoms with Crippen molar-refractivity contribution < 1.29 is 9.90 Å². The summed E-state index contributed by atoms with van der Waals surface area (Å²) in [6, 6.07) is 0. The number of nitrogens with zero attached hydrogens (tertiary/aromatic N) is 3. The van der Waals surface area contributed by atoms with Crippen LogP contribution in [0.15, 0.2) is 0 Å². The smallest absolute Gasteiger partial charge is 0.339 e. The number of anilines is 1. The predicted octanol–water partition coefficient (Wildman–Crippen LogP) is 2.93. The Balaban J connectivity index is 2.38. The molecule has 2 rings (SSSR count). The summed E-state index contributed by atoms with van der Waals surface area (Å²) in [5.74, 6) is 0.329. The molecule has 0 radical (unpaired) electrons. The molecule has 1 aliphatic heterocycles. The average Bonchev–Trinajstić information content (AvgIpc) is 2.94. The van der Waals surface area contributed by atoms with E-state index in [2.05, 4.69) is 22.0 Å². The van der Waals surface area contributed by atoms with Crippen LogP contribution in [0.4, 0.5) is 5.82 Å². The molecule has 0 saturated carbocycles. The molecule has 0 aliphatic carbocycles. The molecule has 1 aromatic heterocycles. The lowest BCUT2D eigenvalue weighted by molar-refractivity contribution is 0.0695. The summed E-state index contributed by atoms with van der Waals surface area (Å²) in [6.45, 7) is 7.94. The Morgan fingerprint density at radius 2 is 2.05 bits per heavy atom. The number of rotatable bonds is 6. The van der Waals surface area contributed by atoms with Crippen molar-refractivity contribution in [3.05, 3.63) is 16.8 Å². The molecule has 1 aromatic rings. The minimum Gasteiger partial charge on any atom is -0.478 e. The number of carbonyl (C=O) groups is 1. The molecule has 1 N–H and O–H groups in total. The molecule has 0 bridgehead atoms. The van der Waals surface area contributed by atoms with Crippen molar-refractivity contribution in [3.8, 4) is 0 Å². The van der Waals surface area contributed by atoms with Gasteiger partial charge in [0.05, 0.1) is 5.69 Å².